The molecule has 114 valence electrons. The molecule has 0 saturated carbocycles. The summed E-state index contributed by atoms with van der Waals surface area (Å²) in [6, 6.07) is 4.26. The van der Waals surface area contributed by atoms with Gasteiger partial charge in [0, 0.05) is 6.20 Å². The number of anilines is 2. The van der Waals surface area contributed by atoms with Crippen LogP contribution in [0.3, 0.4) is 0 Å². The molecule has 1 aromatic carbocycles. The van der Waals surface area contributed by atoms with Gasteiger partial charge in [-0.25, -0.2) is 18.2 Å². The van der Waals surface area contributed by atoms with Crippen LogP contribution in [0.5, 0.6) is 0 Å². The Kier molecular flexibility index (Phi) is 4.62. The van der Waals surface area contributed by atoms with Crippen molar-refractivity contribution in [1.82, 2.24) is 4.98 Å². The Bertz CT molecular complexity index is 755. The molecule has 0 fully saturated rings. The van der Waals surface area contributed by atoms with Crippen molar-refractivity contribution in [3.63, 3.8) is 0 Å². The van der Waals surface area contributed by atoms with E-state index in [1.165, 1.54) is 18.3 Å². The summed E-state index contributed by atoms with van der Waals surface area (Å²) in [7, 11) is 0. The summed E-state index contributed by atoms with van der Waals surface area (Å²) in [5.41, 5.74) is -0.605. The summed E-state index contributed by atoms with van der Waals surface area (Å²) in [4.78, 5) is 26.9. The second-order valence-corrected chi connectivity index (χ2v) is 4.33. The maximum Gasteiger partial charge on any atom is 0.314 e. The molecule has 22 heavy (non-hydrogen) atoms. The number of amides is 2. The van der Waals surface area contributed by atoms with Crippen LogP contribution in [0.4, 0.5) is 24.5 Å². The molecular weight excluding hydrogens is 323 g/mol. The number of nitrogens with one attached hydrogen (secondary N) is 2. The molecule has 2 amide bonds. The van der Waals surface area contributed by atoms with Crippen LogP contribution in [0.15, 0.2) is 30.5 Å². The molecule has 0 radical (unpaired) electrons. The fourth-order valence-electron chi connectivity index (χ4n) is 1.46. The predicted octanol–water partition coefficient (Wildman–Crippen LogP) is 2.73. The van der Waals surface area contributed by atoms with Crippen LogP contribution in [-0.2, 0) is 9.59 Å². The minimum atomic E-state index is -1.76. The molecule has 0 unspecified atom stereocenters. The number of aromatic nitrogens is 1. The average Bonchev–Trinajstić information content (AvgIpc) is 2.50. The molecule has 0 bridgehead atoms. The maximum absolute atomic E-state index is 13.4. The van der Waals surface area contributed by atoms with Gasteiger partial charge in [-0.05, 0) is 24.3 Å². The van der Waals surface area contributed by atoms with Crippen molar-refractivity contribution in [2.75, 3.05) is 10.6 Å². The first-order chi connectivity index (χ1) is 10.4. The van der Waals surface area contributed by atoms with Gasteiger partial charge in [0.05, 0.1) is 11.4 Å². The van der Waals surface area contributed by atoms with Gasteiger partial charge in [0.25, 0.3) is 0 Å². The van der Waals surface area contributed by atoms with Crippen molar-refractivity contribution >= 4 is 34.8 Å². The van der Waals surface area contributed by atoms with Crippen LogP contribution in [-0.4, -0.2) is 16.8 Å². The zero-order valence-electron chi connectivity index (χ0n) is 10.7. The smallest absolute Gasteiger partial charge is 0.314 e. The summed E-state index contributed by atoms with van der Waals surface area (Å²) >= 11 is 5.69. The minimum Gasteiger partial charge on any atom is -0.315 e. The Balaban J connectivity index is 2.11. The van der Waals surface area contributed by atoms with Crippen LogP contribution in [0.1, 0.15) is 0 Å². The number of benzene rings is 1. The van der Waals surface area contributed by atoms with Gasteiger partial charge in [-0.3, -0.25) is 9.59 Å². The van der Waals surface area contributed by atoms with Gasteiger partial charge in [-0.2, -0.15) is 0 Å². The van der Waals surface area contributed by atoms with Crippen LogP contribution >= 0.6 is 11.6 Å². The first-order valence-corrected chi connectivity index (χ1v) is 6.14. The van der Waals surface area contributed by atoms with Gasteiger partial charge in [-0.15, -0.1) is 0 Å². The van der Waals surface area contributed by atoms with E-state index in [0.717, 1.165) is 6.07 Å². The van der Waals surface area contributed by atoms with E-state index in [4.69, 9.17) is 11.6 Å². The lowest BCUT2D eigenvalue weighted by Crippen LogP contribution is -2.29. The lowest BCUT2D eigenvalue weighted by molar-refractivity contribution is -0.133. The molecule has 0 aliphatic rings. The zero-order valence-corrected chi connectivity index (χ0v) is 11.4. The van der Waals surface area contributed by atoms with Crippen molar-refractivity contribution in [3.8, 4) is 0 Å². The highest BCUT2D eigenvalue weighted by Crippen LogP contribution is 2.20. The third-order valence-electron chi connectivity index (χ3n) is 2.50. The van der Waals surface area contributed by atoms with Gasteiger partial charge < -0.3 is 10.6 Å². The van der Waals surface area contributed by atoms with Gasteiger partial charge in [0.15, 0.2) is 22.6 Å². The molecule has 9 heteroatoms. The Morgan fingerprint density at radius 3 is 2.23 bits per heavy atom. The van der Waals surface area contributed by atoms with E-state index < -0.39 is 35.0 Å². The number of rotatable bonds is 2. The number of hydrogen-bond acceptors (Lipinski definition) is 3. The molecule has 0 spiro atoms. The fraction of sp³-hybridized carbons (Fsp3) is 0. The van der Waals surface area contributed by atoms with Crippen LogP contribution in [0.2, 0.25) is 5.15 Å². The average molecular weight is 330 g/mol. The molecule has 2 aromatic rings. The molecule has 2 rings (SSSR count). The van der Waals surface area contributed by atoms with Gasteiger partial charge in [0.1, 0.15) is 0 Å². The van der Waals surface area contributed by atoms with E-state index in [2.05, 4.69) is 10.3 Å². The Morgan fingerprint density at radius 1 is 0.955 bits per heavy atom. The van der Waals surface area contributed by atoms with Crippen molar-refractivity contribution in [1.29, 1.82) is 0 Å². The monoisotopic (exact) mass is 329 g/mol. The molecule has 0 aliphatic heterocycles. The van der Waals surface area contributed by atoms with Crippen LogP contribution in [0, 0.1) is 17.5 Å². The first kappa shape index (κ1) is 15.8. The van der Waals surface area contributed by atoms with E-state index in [1.54, 1.807) is 0 Å². The third kappa shape index (κ3) is 3.34. The Labute approximate surface area is 127 Å². The van der Waals surface area contributed by atoms with Gasteiger partial charge >= 0.3 is 11.8 Å². The molecule has 0 aliphatic carbocycles. The third-order valence-corrected chi connectivity index (χ3v) is 2.80. The molecule has 2 N–H and O–H groups in total. The van der Waals surface area contributed by atoms with E-state index in [-0.39, 0.29) is 10.8 Å². The number of carbonyl (C=O) groups is 2. The zero-order chi connectivity index (χ0) is 16.3. The van der Waals surface area contributed by atoms with E-state index >= 15 is 0 Å². The number of carbonyl (C=O) groups excluding carboxylic acids is 2. The summed E-state index contributed by atoms with van der Waals surface area (Å²) in [6.45, 7) is 0. The highest BCUT2D eigenvalue weighted by Gasteiger charge is 2.20. The van der Waals surface area contributed by atoms with Crippen LogP contribution < -0.4 is 10.6 Å². The summed E-state index contributed by atoms with van der Waals surface area (Å²) in [5.74, 6) is -7.25. The number of hydrogen-bond donors (Lipinski definition) is 2. The fourth-order valence-corrected chi connectivity index (χ4v) is 1.63. The molecular formula is C13H7ClF3N3O2. The molecule has 0 saturated heterocycles. The van der Waals surface area contributed by atoms with Crippen LogP contribution in [0.25, 0.3) is 0 Å². The second-order valence-electron chi connectivity index (χ2n) is 3.97. The van der Waals surface area contributed by atoms with Gasteiger partial charge in [-0.1, -0.05) is 11.6 Å². The first-order valence-electron chi connectivity index (χ1n) is 5.76. The van der Waals surface area contributed by atoms with E-state index in [9.17, 15) is 22.8 Å². The molecule has 5 nitrogen and oxygen atoms in total. The summed E-state index contributed by atoms with van der Waals surface area (Å²) < 4.78 is 39.2. The Morgan fingerprint density at radius 2 is 1.59 bits per heavy atom. The highest BCUT2D eigenvalue weighted by molar-refractivity contribution is 6.44. The standard InChI is InChI=1S/C13H7ClF3N3O2/c14-11-8(2-1-5-18-11)20-13(22)12(21)19-7-4-3-6(15)9(16)10(7)17/h1-5H,(H,19,21)(H,20,22). The molecule has 1 heterocycles. The lowest BCUT2D eigenvalue weighted by atomic mass is 10.2. The maximum atomic E-state index is 13.4. The topological polar surface area (TPSA) is 71.1 Å². The molecule has 1 aromatic heterocycles. The Hall–Kier alpha value is -2.61. The normalized spacial score (nSPS) is 10.2. The van der Waals surface area contributed by atoms with E-state index in [1.807, 2.05) is 5.32 Å². The largest absolute Gasteiger partial charge is 0.315 e. The van der Waals surface area contributed by atoms with Crippen molar-refractivity contribution in [2.45, 2.75) is 0 Å². The van der Waals surface area contributed by atoms with Gasteiger partial charge in [0.2, 0.25) is 0 Å². The SMILES string of the molecule is O=C(Nc1cccnc1Cl)C(=O)Nc1ccc(F)c(F)c1F. The number of pyridine rings is 1. The number of nitrogens with zero attached hydrogens (tertiary/aromatic N) is 1. The second kappa shape index (κ2) is 6.44. The van der Waals surface area contributed by atoms with Crippen molar-refractivity contribution < 1.29 is 22.8 Å². The molecule has 0 atom stereocenters. The predicted molar refractivity (Wildman–Crippen MR) is 72.8 cm³/mol. The summed E-state index contributed by atoms with van der Waals surface area (Å²) in [6.07, 6.45) is 1.37. The minimum absolute atomic E-state index is 0.0531. The van der Waals surface area contributed by atoms with E-state index in [0.29, 0.717) is 6.07 Å². The number of halogens is 4. The summed E-state index contributed by atoms with van der Waals surface area (Å²) in [5, 5.41) is 3.91. The lowest BCUT2D eigenvalue weighted by Gasteiger charge is -2.08. The highest BCUT2D eigenvalue weighted by atomic mass is 35.5. The quantitative estimate of drug-likeness (QED) is 0.505. The van der Waals surface area contributed by atoms with Crippen molar-refractivity contribution in [2.24, 2.45) is 0 Å². The van der Waals surface area contributed by atoms with Crippen molar-refractivity contribution in [3.05, 3.63) is 53.1 Å².